The third-order valence-electron chi connectivity index (χ3n) is 2.94. The fraction of sp³-hybridized carbons (Fsp3) is 0.154. The third-order valence-corrected chi connectivity index (χ3v) is 2.94. The lowest BCUT2D eigenvalue weighted by atomic mass is 10.2. The zero-order valence-corrected chi connectivity index (χ0v) is 10.9. The molecule has 5 nitrogen and oxygen atoms in total. The molecule has 0 atom stereocenters. The van der Waals surface area contributed by atoms with Crippen molar-refractivity contribution in [3.63, 3.8) is 0 Å². The lowest BCUT2D eigenvalue weighted by molar-refractivity contribution is -0.141. The Labute approximate surface area is 121 Å². The van der Waals surface area contributed by atoms with E-state index in [0.717, 1.165) is 6.07 Å². The molecule has 9 heteroatoms. The van der Waals surface area contributed by atoms with Crippen LogP contribution < -0.4 is 0 Å². The number of aromatic amines is 2. The Morgan fingerprint density at radius 3 is 2.14 bits per heavy atom. The number of rotatable bonds is 3. The molecule has 3 heterocycles. The van der Waals surface area contributed by atoms with Crippen molar-refractivity contribution in [3.8, 4) is 22.8 Å². The Morgan fingerprint density at radius 2 is 1.59 bits per heavy atom. The van der Waals surface area contributed by atoms with Crippen molar-refractivity contribution in [3.05, 3.63) is 41.7 Å². The van der Waals surface area contributed by atoms with Gasteiger partial charge in [0.25, 0.3) is 0 Å². The summed E-state index contributed by atoms with van der Waals surface area (Å²) >= 11 is 0. The molecular weight excluding hydrogens is 302 g/mol. The summed E-state index contributed by atoms with van der Waals surface area (Å²) in [4.78, 5) is 4.22. The van der Waals surface area contributed by atoms with Crippen LogP contribution in [0.15, 0.2) is 30.3 Å². The second-order valence-corrected chi connectivity index (χ2v) is 4.48. The number of halogens is 4. The van der Waals surface area contributed by atoms with Crippen LogP contribution in [0.1, 0.15) is 11.4 Å². The summed E-state index contributed by atoms with van der Waals surface area (Å²) < 4.78 is 50.1. The van der Waals surface area contributed by atoms with Crippen LogP contribution in [0.25, 0.3) is 22.8 Å². The van der Waals surface area contributed by atoms with Gasteiger partial charge in [-0.2, -0.15) is 23.4 Å². The number of aromatic nitrogens is 5. The van der Waals surface area contributed by atoms with Crippen LogP contribution in [-0.4, -0.2) is 25.4 Å². The SMILES string of the molecule is FCc1cc(-c2cccc(-c3cc(C(F)(F)F)n[nH]3)n2)[nH]n1. The summed E-state index contributed by atoms with van der Waals surface area (Å²) in [6, 6.07) is 7.18. The van der Waals surface area contributed by atoms with Crippen molar-refractivity contribution in [2.45, 2.75) is 12.9 Å². The molecule has 0 amide bonds. The van der Waals surface area contributed by atoms with Gasteiger partial charge >= 0.3 is 6.18 Å². The predicted octanol–water partition coefficient (Wildman–Crippen LogP) is 3.35. The summed E-state index contributed by atoms with van der Waals surface area (Å²) in [6.45, 7) is -0.717. The third kappa shape index (κ3) is 2.69. The highest BCUT2D eigenvalue weighted by atomic mass is 19.4. The van der Waals surface area contributed by atoms with E-state index < -0.39 is 18.5 Å². The zero-order chi connectivity index (χ0) is 15.7. The molecule has 0 spiro atoms. The van der Waals surface area contributed by atoms with Gasteiger partial charge in [-0.15, -0.1) is 0 Å². The molecular formula is C13H9F4N5. The Morgan fingerprint density at radius 1 is 0.955 bits per heavy atom. The summed E-state index contributed by atoms with van der Waals surface area (Å²) in [7, 11) is 0. The maximum absolute atomic E-state index is 12.6. The summed E-state index contributed by atoms with van der Waals surface area (Å²) in [6.07, 6.45) is -4.52. The van der Waals surface area contributed by atoms with Crippen LogP contribution in [0.2, 0.25) is 0 Å². The van der Waals surface area contributed by atoms with Crippen molar-refractivity contribution in [2.24, 2.45) is 0 Å². The van der Waals surface area contributed by atoms with Crippen LogP contribution in [0.5, 0.6) is 0 Å². The topological polar surface area (TPSA) is 70.2 Å². The Bertz CT molecular complexity index is 790. The highest BCUT2D eigenvalue weighted by Gasteiger charge is 2.34. The number of hydrogen-bond acceptors (Lipinski definition) is 3. The van der Waals surface area contributed by atoms with Crippen molar-refractivity contribution < 1.29 is 17.6 Å². The van der Waals surface area contributed by atoms with E-state index in [1.54, 1.807) is 18.2 Å². The van der Waals surface area contributed by atoms with Crippen LogP contribution >= 0.6 is 0 Å². The van der Waals surface area contributed by atoms with Gasteiger partial charge in [0.05, 0.1) is 28.5 Å². The Hall–Kier alpha value is -2.71. The highest BCUT2D eigenvalue weighted by Crippen LogP contribution is 2.30. The van der Waals surface area contributed by atoms with E-state index in [0.29, 0.717) is 11.4 Å². The zero-order valence-electron chi connectivity index (χ0n) is 10.9. The highest BCUT2D eigenvalue weighted by molar-refractivity contribution is 5.62. The molecule has 3 aromatic rings. The summed E-state index contributed by atoms with van der Waals surface area (Å²) in [5, 5.41) is 11.9. The van der Waals surface area contributed by atoms with E-state index in [2.05, 4.69) is 25.4 Å². The van der Waals surface area contributed by atoms with Gasteiger partial charge in [0.2, 0.25) is 0 Å². The second kappa shape index (κ2) is 5.24. The first-order valence-electron chi connectivity index (χ1n) is 6.18. The monoisotopic (exact) mass is 311 g/mol. The van der Waals surface area contributed by atoms with Crippen molar-refractivity contribution in [1.82, 2.24) is 25.4 Å². The number of alkyl halides is 4. The fourth-order valence-corrected chi connectivity index (χ4v) is 1.90. The van der Waals surface area contributed by atoms with E-state index in [1.165, 1.54) is 6.07 Å². The smallest absolute Gasteiger partial charge is 0.276 e. The molecule has 0 aliphatic heterocycles. The van der Waals surface area contributed by atoms with E-state index in [1.807, 2.05) is 0 Å². The Kier molecular flexibility index (Phi) is 3.39. The summed E-state index contributed by atoms with van der Waals surface area (Å²) in [5.41, 5.74) is 0.549. The van der Waals surface area contributed by atoms with Crippen molar-refractivity contribution >= 4 is 0 Å². The number of pyridine rings is 1. The standard InChI is InChI=1S/C13H9F4N5/c14-6-7-4-10(20-19-7)8-2-1-3-9(18-8)11-5-12(22-21-11)13(15,16)17/h1-5H,6H2,(H,19,20)(H,21,22). The van der Waals surface area contributed by atoms with Gasteiger partial charge in [-0.1, -0.05) is 6.07 Å². The lowest BCUT2D eigenvalue weighted by Crippen LogP contribution is -2.04. The van der Waals surface area contributed by atoms with E-state index >= 15 is 0 Å². The molecule has 0 bridgehead atoms. The maximum Gasteiger partial charge on any atom is 0.435 e. The molecule has 114 valence electrons. The van der Waals surface area contributed by atoms with Crippen LogP contribution in [0.4, 0.5) is 17.6 Å². The number of nitrogens with zero attached hydrogens (tertiary/aromatic N) is 3. The minimum absolute atomic E-state index is 0.138. The predicted molar refractivity (Wildman–Crippen MR) is 69.2 cm³/mol. The number of hydrogen-bond donors (Lipinski definition) is 2. The van der Waals surface area contributed by atoms with Crippen LogP contribution in [0, 0.1) is 0 Å². The molecule has 0 aliphatic carbocycles. The maximum atomic E-state index is 12.6. The van der Waals surface area contributed by atoms with Crippen molar-refractivity contribution in [2.75, 3.05) is 0 Å². The van der Waals surface area contributed by atoms with Gasteiger partial charge in [-0.05, 0) is 24.3 Å². The van der Waals surface area contributed by atoms with E-state index in [4.69, 9.17) is 0 Å². The number of H-pyrrole nitrogens is 2. The van der Waals surface area contributed by atoms with Gasteiger partial charge < -0.3 is 0 Å². The first kappa shape index (κ1) is 14.2. The molecule has 0 radical (unpaired) electrons. The first-order valence-corrected chi connectivity index (χ1v) is 6.18. The van der Waals surface area contributed by atoms with Gasteiger partial charge in [0, 0.05) is 0 Å². The minimum Gasteiger partial charge on any atom is -0.276 e. The first-order chi connectivity index (χ1) is 10.5. The van der Waals surface area contributed by atoms with E-state index in [-0.39, 0.29) is 17.1 Å². The molecule has 3 aromatic heterocycles. The molecule has 0 saturated carbocycles. The molecule has 3 rings (SSSR count). The van der Waals surface area contributed by atoms with Gasteiger partial charge in [0.1, 0.15) is 6.67 Å². The second-order valence-electron chi connectivity index (χ2n) is 4.48. The van der Waals surface area contributed by atoms with E-state index in [9.17, 15) is 17.6 Å². The molecule has 0 unspecified atom stereocenters. The van der Waals surface area contributed by atoms with Crippen molar-refractivity contribution in [1.29, 1.82) is 0 Å². The molecule has 0 saturated heterocycles. The fourth-order valence-electron chi connectivity index (χ4n) is 1.90. The largest absolute Gasteiger partial charge is 0.435 e. The van der Waals surface area contributed by atoms with Gasteiger partial charge in [-0.3, -0.25) is 10.2 Å². The molecule has 2 N–H and O–H groups in total. The molecule has 0 aromatic carbocycles. The van der Waals surface area contributed by atoms with Gasteiger partial charge in [-0.25, -0.2) is 9.37 Å². The van der Waals surface area contributed by atoms with Crippen LogP contribution in [0.3, 0.4) is 0 Å². The summed E-state index contributed by atoms with van der Waals surface area (Å²) in [5.74, 6) is 0. The molecule has 0 aliphatic rings. The lowest BCUT2D eigenvalue weighted by Gasteiger charge is -2.01. The van der Waals surface area contributed by atoms with Gasteiger partial charge in [0.15, 0.2) is 5.69 Å². The average Bonchev–Trinajstić information content (AvgIpc) is 3.16. The molecule has 0 fully saturated rings. The quantitative estimate of drug-likeness (QED) is 0.729. The van der Waals surface area contributed by atoms with Crippen LogP contribution in [-0.2, 0) is 12.9 Å². The normalized spacial score (nSPS) is 11.8. The molecule has 22 heavy (non-hydrogen) atoms. The number of nitrogens with one attached hydrogen (secondary N) is 2. The Balaban J connectivity index is 1.95. The minimum atomic E-state index is -4.52. The average molecular weight is 311 g/mol.